The number of nitrogens with one attached hydrogen (secondary N) is 2. The lowest BCUT2D eigenvalue weighted by Crippen LogP contribution is -2.38. The SMILES string of the molecule is CC1CN=C(NCCc2ccn(-c3ccccc3)n2)N1. The maximum absolute atomic E-state index is 4.58. The Kier molecular flexibility index (Phi) is 3.67. The van der Waals surface area contributed by atoms with E-state index in [1.807, 2.05) is 41.2 Å². The Morgan fingerprint density at radius 2 is 2.15 bits per heavy atom. The van der Waals surface area contributed by atoms with Gasteiger partial charge < -0.3 is 10.6 Å². The van der Waals surface area contributed by atoms with Gasteiger partial charge in [-0.25, -0.2) is 4.68 Å². The first-order chi connectivity index (χ1) is 9.81. The van der Waals surface area contributed by atoms with E-state index in [1.165, 1.54) is 0 Å². The molecule has 1 aliphatic heterocycles. The molecule has 104 valence electrons. The van der Waals surface area contributed by atoms with Gasteiger partial charge in [-0.05, 0) is 25.1 Å². The van der Waals surface area contributed by atoms with Crippen molar-refractivity contribution in [3.63, 3.8) is 0 Å². The predicted molar refractivity (Wildman–Crippen MR) is 80.2 cm³/mol. The third-order valence-electron chi connectivity index (χ3n) is 3.25. The average molecular weight is 269 g/mol. The molecule has 2 aromatic rings. The van der Waals surface area contributed by atoms with Crippen molar-refractivity contribution in [1.82, 2.24) is 20.4 Å². The van der Waals surface area contributed by atoms with E-state index in [1.54, 1.807) is 0 Å². The van der Waals surface area contributed by atoms with Gasteiger partial charge in [-0.3, -0.25) is 4.99 Å². The molecular weight excluding hydrogens is 250 g/mol. The monoisotopic (exact) mass is 269 g/mol. The minimum atomic E-state index is 0.440. The largest absolute Gasteiger partial charge is 0.356 e. The van der Waals surface area contributed by atoms with Gasteiger partial charge in [0.15, 0.2) is 5.96 Å². The van der Waals surface area contributed by atoms with Crippen LogP contribution in [0.5, 0.6) is 0 Å². The minimum Gasteiger partial charge on any atom is -0.356 e. The number of rotatable bonds is 4. The molecule has 1 atom stereocenters. The van der Waals surface area contributed by atoms with Crippen molar-refractivity contribution in [2.45, 2.75) is 19.4 Å². The normalized spacial score (nSPS) is 17.6. The first-order valence-electron chi connectivity index (χ1n) is 6.96. The quantitative estimate of drug-likeness (QED) is 0.881. The van der Waals surface area contributed by atoms with Gasteiger partial charge in [0.25, 0.3) is 0 Å². The van der Waals surface area contributed by atoms with Crippen molar-refractivity contribution < 1.29 is 0 Å². The molecule has 0 aliphatic carbocycles. The van der Waals surface area contributed by atoms with E-state index in [2.05, 4.69) is 33.7 Å². The van der Waals surface area contributed by atoms with Gasteiger partial charge in [0.1, 0.15) is 0 Å². The van der Waals surface area contributed by atoms with Crippen LogP contribution in [0.4, 0.5) is 0 Å². The lowest BCUT2D eigenvalue weighted by molar-refractivity contribution is 0.710. The van der Waals surface area contributed by atoms with E-state index in [-0.39, 0.29) is 0 Å². The fraction of sp³-hybridized carbons (Fsp3) is 0.333. The molecule has 0 bridgehead atoms. The Labute approximate surface area is 118 Å². The van der Waals surface area contributed by atoms with Crippen LogP contribution in [0.2, 0.25) is 0 Å². The molecule has 5 heteroatoms. The van der Waals surface area contributed by atoms with E-state index < -0.39 is 0 Å². The fourth-order valence-corrected chi connectivity index (χ4v) is 2.19. The van der Waals surface area contributed by atoms with Crippen molar-refractivity contribution in [3.05, 3.63) is 48.3 Å². The molecule has 2 heterocycles. The maximum atomic E-state index is 4.58. The number of benzene rings is 1. The maximum Gasteiger partial charge on any atom is 0.191 e. The standard InChI is InChI=1S/C15H19N5/c1-12-11-17-15(18-12)16-9-7-13-8-10-20(19-13)14-5-3-2-4-6-14/h2-6,8,10,12H,7,9,11H2,1H3,(H2,16,17,18). The first-order valence-corrected chi connectivity index (χ1v) is 6.96. The summed E-state index contributed by atoms with van der Waals surface area (Å²) in [6, 6.07) is 12.6. The molecule has 1 aliphatic rings. The zero-order valence-electron chi connectivity index (χ0n) is 11.6. The van der Waals surface area contributed by atoms with Gasteiger partial charge in [-0.1, -0.05) is 18.2 Å². The molecule has 0 radical (unpaired) electrons. The number of hydrogen-bond acceptors (Lipinski definition) is 4. The summed E-state index contributed by atoms with van der Waals surface area (Å²) >= 11 is 0. The first kappa shape index (κ1) is 12.7. The topological polar surface area (TPSA) is 54.2 Å². The summed E-state index contributed by atoms with van der Waals surface area (Å²) in [5, 5.41) is 11.2. The molecule has 0 amide bonds. The summed E-state index contributed by atoms with van der Waals surface area (Å²) in [6.07, 6.45) is 2.88. The molecule has 3 rings (SSSR count). The highest BCUT2D eigenvalue weighted by Gasteiger charge is 2.11. The molecule has 0 spiro atoms. The third-order valence-corrected chi connectivity index (χ3v) is 3.25. The summed E-state index contributed by atoms with van der Waals surface area (Å²) in [5.41, 5.74) is 2.16. The highest BCUT2D eigenvalue weighted by molar-refractivity contribution is 5.81. The summed E-state index contributed by atoms with van der Waals surface area (Å²) in [4.78, 5) is 4.37. The van der Waals surface area contributed by atoms with Crippen molar-refractivity contribution in [2.24, 2.45) is 4.99 Å². The second-order valence-corrected chi connectivity index (χ2v) is 5.00. The number of nitrogens with zero attached hydrogens (tertiary/aromatic N) is 3. The van der Waals surface area contributed by atoms with Crippen molar-refractivity contribution in [1.29, 1.82) is 0 Å². The van der Waals surface area contributed by atoms with Crippen LogP contribution in [0.25, 0.3) is 5.69 Å². The molecule has 0 fully saturated rings. The molecule has 1 aromatic heterocycles. The number of guanidine groups is 1. The van der Waals surface area contributed by atoms with Gasteiger partial charge in [0.05, 0.1) is 17.9 Å². The minimum absolute atomic E-state index is 0.440. The van der Waals surface area contributed by atoms with Crippen LogP contribution in [0.15, 0.2) is 47.6 Å². The van der Waals surface area contributed by atoms with Gasteiger partial charge in [-0.15, -0.1) is 0 Å². The summed E-state index contributed by atoms with van der Waals surface area (Å²) in [7, 11) is 0. The zero-order valence-corrected chi connectivity index (χ0v) is 11.6. The van der Waals surface area contributed by atoms with Crippen LogP contribution in [-0.4, -0.2) is 34.9 Å². The number of para-hydroxylation sites is 1. The Bertz CT molecular complexity index is 587. The third kappa shape index (κ3) is 2.99. The highest BCUT2D eigenvalue weighted by Crippen LogP contribution is 2.06. The van der Waals surface area contributed by atoms with Gasteiger partial charge in [0.2, 0.25) is 0 Å². The molecule has 2 N–H and O–H groups in total. The van der Waals surface area contributed by atoms with E-state index >= 15 is 0 Å². The Morgan fingerprint density at radius 3 is 2.90 bits per heavy atom. The van der Waals surface area contributed by atoms with E-state index in [4.69, 9.17) is 0 Å². The number of hydrogen-bond donors (Lipinski definition) is 2. The van der Waals surface area contributed by atoms with Crippen molar-refractivity contribution >= 4 is 5.96 Å². The van der Waals surface area contributed by atoms with E-state index in [9.17, 15) is 0 Å². The zero-order chi connectivity index (χ0) is 13.8. The summed E-state index contributed by atoms with van der Waals surface area (Å²) in [6.45, 7) is 3.81. The van der Waals surface area contributed by atoms with Crippen molar-refractivity contribution in [2.75, 3.05) is 13.1 Å². The molecule has 5 nitrogen and oxygen atoms in total. The van der Waals surface area contributed by atoms with Gasteiger partial charge in [-0.2, -0.15) is 5.10 Å². The van der Waals surface area contributed by atoms with E-state index in [0.717, 1.165) is 36.9 Å². The van der Waals surface area contributed by atoms with Gasteiger partial charge >= 0.3 is 0 Å². The summed E-state index contributed by atoms with van der Waals surface area (Å²) in [5.74, 6) is 0.903. The van der Waals surface area contributed by atoms with Crippen LogP contribution in [0.3, 0.4) is 0 Å². The second kappa shape index (κ2) is 5.77. The number of aliphatic imine (C=N–C) groups is 1. The smallest absolute Gasteiger partial charge is 0.191 e. The predicted octanol–water partition coefficient (Wildman–Crippen LogP) is 1.35. The Hall–Kier alpha value is -2.30. The Morgan fingerprint density at radius 1 is 1.30 bits per heavy atom. The molecule has 0 saturated carbocycles. The summed E-state index contributed by atoms with van der Waals surface area (Å²) < 4.78 is 1.91. The Balaban J connectivity index is 1.53. The lowest BCUT2D eigenvalue weighted by atomic mass is 10.3. The van der Waals surface area contributed by atoms with Crippen LogP contribution >= 0.6 is 0 Å². The van der Waals surface area contributed by atoms with Crippen LogP contribution in [0, 0.1) is 0 Å². The second-order valence-electron chi connectivity index (χ2n) is 5.00. The molecule has 1 aromatic carbocycles. The lowest BCUT2D eigenvalue weighted by Gasteiger charge is -2.07. The van der Waals surface area contributed by atoms with Crippen molar-refractivity contribution in [3.8, 4) is 5.69 Å². The van der Waals surface area contributed by atoms with Gasteiger partial charge in [0, 0.05) is 25.2 Å². The van der Waals surface area contributed by atoms with Crippen LogP contribution < -0.4 is 10.6 Å². The molecule has 0 saturated heterocycles. The van der Waals surface area contributed by atoms with Crippen LogP contribution in [0.1, 0.15) is 12.6 Å². The number of aromatic nitrogens is 2. The molecular formula is C15H19N5. The average Bonchev–Trinajstić information content (AvgIpc) is 3.09. The fourth-order valence-electron chi connectivity index (χ4n) is 2.19. The molecule has 1 unspecified atom stereocenters. The molecule has 20 heavy (non-hydrogen) atoms. The van der Waals surface area contributed by atoms with Crippen LogP contribution in [-0.2, 0) is 6.42 Å². The highest BCUT2D eigenvalue weighted by atomic mass is 15.3. The van der Waals surface area contributed by atoms with E-state index in [0.29, 0.717) is 6.04 Å².